The fourth-order valence-electron chi connectivity index (χ4n) is 2.46. The lowest BCUT2D eigenvalue weighted by Crippen LogP contribution is -2.19. The number of nitrogens with one attached hydrogen (secondary N) is 1. The van der Waals surface area contributed by atoms with Crippen molar-refractivity contribution in [2.75, 3.05) is 13.6 Å². The van der Waals surface area contributed by atoms with Gasteiger partial charge in [0.15, 0.2) is 5.82 Å². The summed E-state index contributed by atoms with van der Waals surface area (Å²) in [6.07, 6.45) is 2.75. The summed E-state index contributed by atoms with van der Waals surface area (Å²) in [6, 6.07) is 3.85. The molecule has 0 amide bonds. The van der Waals surface area contributed by atoms with Crippen LogP contribution in [0.1, 0.15) is 23.9 Å². The quantitative estimate of drug-likeness (QED) is 0.900. The van der Waals surface area contributed by atoms with Crippen LogP contribution in [0.25, 0.3) is 11.5 Å². The van der Waals surface area contributed by atoms with Crippen molar-refractivity contribution in [2.24, 2.45) is 5.92 Å². The maximum absolute atomic E-state index is 4.65. The lowest BCUT2D eigenvalue weighted by atomic mass is 9.98. The van der Waals surface area contributed by atoms with Crippen LogP contribution in [0.4, 0.5) is 0 Å². The van der Waals surface area contributed by atoms with Crippen LogP contribution in [0.15, 0.2) is 22.8 Å². The second-order valence-corrected chi connectivity index (χ2v) is 6.25. The van der Waals surface area contributed by atoms with Crippen LogP contribution in [0.5, 0.6) is 0 Å². The van der Waals surface area contributed by atoms with E-state index in [9.17, 15) is 0 Å². The number of rotatable bonds is 5. The molecule has 0 aliphatic heterocycles. The number of pyridine rings is 1. The van der Waals surface area contributed by atoms with Gasteiger partial charge in [0.2, 0.25) is 0 Å². The zero-order valence-electron chi connectivity index (χ0n) is 12.9. The van der Waals surface area contributed by atoms with Crippen molar-refractivity contribution in [3.05, 3.63) is 39.8 Å². The van der Waals surface area contributed by atoms with Gasteiger partial charge in [-0.3, -0.25) is 4.98 Å². The van der Waals surface area contributed by atoms with Gasteiger partial charge in [0.25, 0.3) is 0 Å². The van der Waals surface area contributed by atoms with E-state index in [1.165, 1.54) is 5.56 Å². The molecule has 0 saturated carbocycles. The average Bonchev–Trinajstić information content (AvgIpc) is 2.43. The van der Waals surface area contributed by atoms with Gasteiger partial charge in [0.1, 0.15) is 5.69 Å². The lowest BCUT2D eigenvalue weighted by molar-refractivity contribution is 0.537. The minimum absolute atomic E-state index is 0.559. The minimum atomic E-state index is 0.559. The van der Waals surface area contributed by atoms with Crippen LogP contribution < -0.4 is 5.32 Å². The fraction of sp³-hybridized carbons (Fsp3) is 0.438. The summed E-state index contributed by atoms with van der Waals surface area (Å²) in [4.78, 5) is 13.7. The van der Waals surface area contributed by atoms with E-state index in [2.05, 4.69) is 57.0 Å². The van der Waals surface area contributed by atoms with Gasteiger partial charge in [0.05, 0.1) is 0 Å². The normalized spacial score (nSPS) is 12.4. The van der Waals surface area contributed by atoms with Gasteiger partial charge in [-0.2, -0.15) is 0 Å². The molecule has 2 aromatic heterocycles. The lowest BCUT2D eigenvalue weighted by Gasteiger charge is -2.15. The van der Waals surface area contributed by atoms with Crippen LogP contribution in [-0.2, 0) is 6.42 Å². The predicted octanol–water partition coefficient (Wildman–Crippen LogP) is 3.32. The largest absolute Gasteiger partial charge is 0.319 e. The molecule has 0 aromatic carbocycles. The van der Waals surface area contributed by atoms with Gasteiger partial charge in [0, 0.05) is 22.1 Å². The van der Waals surface area contributed by atoms with Gasteiger partial charge in [-0.15, -0.1) is 0 Å². The van der Waals surface area contributed by atoms with Crippen LogP contribution in [0.3, 0.4) is 0 Å². The average molecular weight is 349 g/mol. The maximum Gasteiger partial charge on any atom is 0.179 e. The first-order valence-electron chi connectivity index (χ1n) is 7.12. The van der Waals surface area contributed by atoms with Crippen LogP contribution in [0, 0.1) is 19.8 Å². The molecule has 0 aliphatic rings. The Morgan fingerprint density at radius 2 is 1.90 bits per heavy atom. The van der Waals surface area contributed by atoms with Crippen molar-refractivity contribution in [1.29, 1.82) is 0 Å². The topological polar surface area (TPSA) is 50.7 Å². The molecule has 2 aromatic rings. The van der Waals surface area contributed by atoms with Crippen molar-refractivity contribution < 1.29 is 0 Å². The van der Waals surface area contributed by atoms with E-state index in [1.807, 2.05) is 19.2 Å². The van der Waals surface area contributed by atoms with Crippen molar-refractivity contribution in [3.8, 4) is 11.5 Å². The molecule has 112 valence electrons. The molecule has 2 rings (SSSR count). The van der Waals surface area contributed by atoms with E-state index < -0.39 is 0 Å². The zero-order chi connectivity index (χ0) is 15.4. The molecule has 0 aliphatic carbocycles. The standard InChI is InChI=1S/C16H21BrN4/c1-10(9-18-4)8-13-11(2)20-16(21-12(13)3)15-14(17)6-5-7-19-15/h5-7,10,18H,8-9H2,1-4H3. The van der Waals surface area contributed by atoms with Crippen molar-refractivity contribution in [2.45, 2.75) is 27.2 Å². The molecule has 0 radical (unpaired) electrons. The number of aromatic nitrogens is 3. The molecule has 2 heterocycles. The molecule has 5 heteroatoms. The summed E-state index contributed by atoms with van der Waals surface area (Å²) in [7, 11) is 1.98. The zero-order valence-corrected chi connectivity index (χ0v) is 14.5. The van der Waals surface area contributed by atoms with Gasteiger partial charge in [-0.1, -0.05) is 6.92 Å². The number of nitrogens with zero attached hydrogens (tertiary/aromatic N) is 3. The SMILES string of the molecule is CNCC(C)Cc1c(C)nc(-c2ncccc2Br)nc1C. The molecule has 1 unspecified atom stereocenters. The van der Waals surface area contributed by atoms with E-state index >= 15 is 0 Å². The summed E-state index contributed by atoms with van der Waals surface area (Å²) in [5.41, 5.74) is 4.11. The Bertz CT molecular complexity index is 604. The first kappa shape index (κ1) is 16.0. The Morgan fingerprint density at radius 1 is 1.24 bits per heavy atom. The summed E-state index contributed by atoms with van der Waals surface area (Å²) in [6.45, 7) is 7.33. The molecule has 1 atom stereocenters. The smallest absolute Gasteiger partial charge is 0.179 e. The number of hydrogen-bond acceptors (Lipinski definition) is 4. The Morgan fingerprint density at radius 3 is 2.48 bits per heavy atom. The van der Waals surface area contributed by atoms with Gasteiger partial charge >= 0.3 is 0 Å². The molecule has 0 fully saturated rings. The molecule has 0 saturated heterocycles. The summed E-state index contributed by atoms with van der Waals surface area (Å²) < 4.78 is 0.917. The van der Waals surface area contributed by atoms with Crippen LogP contribution in [0.2, 0.25) is 0 Å². The van der Waals surface area contributed by atoms with Crippen molar-refractivity contribution in [3.63, 3.8) is 0 Å². The summed E-state index contributed by atoms with van der Waals surface area (Å²) >= 11 is 3.51. The van der Waals surface area contributed by atoms with E-state index in [1.54, 1.807) is 6.20 Å². The molecule has 0 spiro atoms. The third-order valence-electron chi connectivity index (χ3n) is 3.50. The predicted molar refractivity (Wildman–Crippen MR) is 89.2 cm³/mol. The first-order valence-corrected chi connectivity index (χ1v) is 7.91. The Labute approximate surface area is 134 Å². The molecular formula is C16H21BrN4. The number of aryl methyl sites for hydroxylation is 2. The van der Waals surface area contributed by atoms with E-state index in [4.69, 9.17) is 0 Å². The number of hydrogen-bond donors (Lipinski definition) is 1. The van der Waals surface area contributed by atoms with E-state index in [-0.39, 0.29) is 0 Å². The summed E-state index contributed by atoms with van der Waals surface area (Å²) in [5.74, 6) is 1.24. The Balaban J connectivity index is 2.35. The second-order valence-electron chi connectivity index (χ2n) is 5.40. The first-order chi connectivity index (χ1) is 10.0. The van der Waals surface area contributed by atoms with Crippen LogP contribution in [-0.4, -0.2) is 28.5 Å². The minimum Gasteiger partial charge on any atom is -0.319 e. The van der Waals surface area contributed by atoms with Crippen molar-refractivity contribution >= 4 is 15.9 Å². The fourth-order valence-corrected chi connectivity index (χ4v) is 2.89. The van der Waals surface area contributed by atoms with Crippen molar-refractivity contribution in [1.82, 2.24) is 20.3 Å². The number of halogens is 1. The van der Waals surface area contributed by atoms with E-state index in [0.29, 0.717) is 11.7 Å². The second kappa shape index (κ2) is 7.09. The third kappa shape index (κ3) is 3.86. The maximum atomic E-state index is 4.65. The highest BCUT2D eigenvalue weighted by atomic mass is 79.9. The van der Waals surface area contributed by atoms with Crippen LogP contribution >= 0.6 is 15.9 Å². The summed E-state index contributed by atoms with van der Waals surface area (Å²) in [5, 5.41) is 3.21. The molecule has 4 nitrogen and oxygen atoms in total. The molecule has 21 heavy (non-hydrogen) atoms. The Hall–Kier alpha value is -1.33. The molecule has 0 bridgehead atoms. The Kier molecular flexibility index (Phi) is 5.42. The van der Waals surface area contributed by atoms with Gasteiger partial charge in [-0.25, -0.2) is 9.97 Å². The third-order valence-corrected chi connectivity index (χ3v) is 4.14. The van der Waals surface area contributed by atoms with E-state index in [0.717, 1.165) is 34.5 Å². The molecule has 1 N–H and O–H groups in total. The highest BCUT2D eigenvalue weighted by Gasteiger charge is 2.14. The van der Waals surface area contributed by atoms with Gasteiger partial charge < -0.3 is 5.32 Å². The van der Waals surface area contributed by atoms with Gasteiger partial charge in [-0.05, 0) is 73.4 Å². The molecular weight excluding hydrogens is 328 g/mol. The highest BCUT2D eigenvalue weighted by molar-refractivity contribution is 9.10. The monoisotopic (exact) mass is 348 g/mol. The highest BCUT2D eigenvalue weighted by Crippen LogP contribution is 2.25.